The molecule has 0 aliphatic rings. The first-order valence-electron chi connectivity index (χ1n) is 6.22. The van der Waals surface area contributed by atoms with Gasteiger partial charge in [0.15, 0.2) is 0 Å². The van der Waals surface area contributed by atoms with E-state index in [1.807, 2.05) is 25.1 Å². The van der Waals surface area contributed by atoms with Gasteiger partial charge in [0, 0.05) is 16.7 Å². The van der Waals surface area contributed by atoms with Gasteiger partial charge in [0.25, 0.3) is 0 Å². The highest BCUT2D eigenvalue weighted by molar-refractivity contribution is 8.00. The van der Waals surface area contributed by atoms with Gasteiger partial charge in [0.2, 0.25) is 0 Å². The molecule has 4 heteroatoms. The molecule has 0 aliphatic heterocycles. The van der Waals surface area contributed by atoms with Crippen LogP contribution in [0.2, 0.25) is 0 Å². The van der Waals surface area contributed by atoms with E-state index < -0.39 is 0 Å². The van der Waals surface area contributed by atoms with E-state index in [0.29, 0.717) is 5.56 Å². The van der Waals surface area contributed by atoms with Crippen molar-refractivity contribution < 1.29 is 5.11 Å². The summed E-state index contributed by atoms with van der Waals surface area (Å²) >= 11 is 1.54. The molecule has 0 radical (unpaired) electrons. The highest BCUT2D eigenvalue weighted by Crippen LogP contribution is 2.27. The lowest BCUT2D eigenvalue weighted by atomic mass is 10.1. The number of nitriles is 1. The summed E-state index contributed by atoms with van der Waals surface area (Å²) < 4.78 is 0. The van der Waals surface area contributed by atoms with Crippen molar-refractivity contribution in [2.24, 2.45) is 0 Å². The monoisotopic (exact) mass is 264 g/mol. The minimum atomic E-state index is 0.112. The predicted octanol–water partition coefficient (Wildman–Crippen LogP) is 2.53. The number of hydrogen-bond acceptors (Lipinski definition) is 4. The van der Waals surface area contributed by atoms with E-state index in [9.17, 15) is 0 Å². The summed E-state index contributed by atoms with van der Waals surface area (Å²) in [5.74, 6) is 0. The molecule has 0 heterocycles. The highest BCUT2D eigenvalue weighted by Gasteiger charge is 2.08. The van der Waals surface area contributed by atoms with Gasteiger partial charge in [0.05, 0.1) is 12.2 Å². The fourth-order valence-electron chi connectivity index (χ4n) is 1.54. The Bertz CT molecular complexity index is 415. The highest BCUT2D eigenvalue weighted by atomic mass is 32.2. The van der Waals surface area contributed by atoms with Gasteiger partial charge in [-0.1, -0.05) is 19.9 Å². The van der Waals surface area contributed by atoms with Gasteiger partial charge >= 0.3 is 0 Å². The summed E-state index contributed by atoms with van der Waals surface area (Å²) in [5, 5.41) is 21.6. The summed E-state index contributed by atoms with van der Waals surface area (Å²) in [6, 6.07) is 8.16. The van der Waals surface area contributed by atoms with Crippen molar-refractivity contribution in [3.63, 3.8) is 0 Å². The molecule has 2 N–H and O–H groups in total. The number of benzene rings is 1. The Hall–Kier alpha value is -1.02. The molecule has 0 fully saturated rings. The number of nitrogens with one attached hydrogen (secondary N) is 1. The zero-order valence-corrected chi connectivity index (χ0v) is 11.8. The van der Waals surface area contributed by atoms with Crippen molar-refractivity contribution in [2.45, 2.75) is 37.0 Å². The third-order valence-electron chi connectivity index (χ3n) is 2.51. The topological polar surface area (TPSA) is 56.0 Å². The molecule has 1 rings (SSSR count). The second kappa shape index (κ2) is 8.15. The van der Waals surface area contributed by atoms with E-state index in [4.69, 9.17) is 10.4 Å². The van der Waals surface area contributed by atoms with Gasteiger partial charge in [0.1, 0.15) is 6.07 Å². The maximum atomic E-state index is 9.15. The summed E-state index contributed by atoms with van der Waals surface area (Å²) in [4.78, 5) is 0.943. The van der Waals surface area contributed by atoms with Gasteiger partial charge in [-0.2, -0.15) is 5.26 Å². The predicted molar refractivity (Wildman–Crippen MR) is 75.6 cm³/mol. The van der Waals surface area contributed by atoms with Gasteiger partial charge in [-0.3, -0.25) is 0 Å². The standard InChI is InChI=1S/C14H20N2OS/c1-3-6-16-9-12-4-5-14(13(7-12)8-15)18-11(2)10-17/h4-5,7,11,16-17H,3,6,9-10H2,1-2H3. The average Bonchev–Trinajstić information content (AvgIpc) is 2.40. The average molecular weight is 264 g/mol. The lowest BCUT2D eigenvalue weighted by molar-refractivity contribution is 0.300. The van der Waals surface area contributed by atoms with E-state index in [-0.39, 0.29) is 11.9 Å². The van der Waals surface area contributed by atoms with Crippen LogP contribution in [0.1, 0.15) is 31.4 Å². The maximum Gasteiger partial charge on any atom is 0.100 e. The van der Waals surface area contributed by atoms with Crippen molar-refractivity contribution >= 4 is 11.8 Å². The molecule has 98 valence electrons. The van der Waals surface area contributed by atoms with E-state index in [2.05, 4.69) is 18.3 Å². The van der Waals surface area contributed by atoms with Crippen molar-refractivity contribution in [1.82, 2.24) is 5.32 Å². The van der Waals surface area contributed by atoms with Crippen LogP contribution in [-0.4, -0.2) is 23.5 Å². The Morgan fingerprint density at radius 3 is 2.89 bits per heavy atom. The Balaban J connectivity index is 2.74. The minimum absolute atomic E-state index is 0.112. The summed E-state index contributed by atoms with van der Waals surface area (Å²) in [5.41, 5.74) is 1.82. The first kappa shape index (κ1) is 15.0. The molecule has 0 spiro atoms. The van der Waals surface area contributed by atoms with Crippen LogP contribution in [0.15, 0.2) is 23.1 Å². The van der Waals surface area contributed by atoms with Crippen LogP contribution in [0.4, 0.5) is 0 Å². The van der Waals surface area contributed by atoms with Crippen molar-refractivity contribution in [3.05, 3.63) is 29.3 Å². The minimum Gasteiger partial charge on any atom is -0.395 e. The van der Waals surface area contributed by atoms with Crippen LogP contribution < -0.4 is 5.32 Å². The number of thioether (sulfide) groups is 1. The Morgan fingerprint density at radius 1 is 1.50 bits per heavy atom. The SMILES string of the molecule is CCCNCc1ccc(SC(C)CO)c(C#N)c1. The van der Waals surface area contributed by atoms with Crippen molar-refractivity contribution in [3.8, 4) is 6.07 Å². The Kier molecular flexibility index (Phi) is 6.81. The molecule has 1 aromatic rings. The largest absolute Gasteiger partial charge is 0.395 e. The van der Waals surface area contributed by atoms with Gasteiger partial charge in [-0.25, -0.2) is 0 Å². The van der Waals surface area contributed by atoms with Crippen LogP contribution in [0.3, 0.4) is 0 Å². The molecule has 1 atom stereocenters. The van der Waals surface area contributed by atoms with Crippen LogP contribution in [0, 0.1) is 11.3 Å². The van der Waals surface area contributed by atoms with Crippen molar-refractivity contribution in [2.75, 3.05) is 13.2 Å². The third-order valence-corrected chi connectivity index (χ3v) is 3.67. The van der Waals surface area contributed by atoms with Crippen LogP contribution >= 0.6 is 11.8 Å². The number of aliphatic hydroxyl groups excluding tert-OH is 1. The molecule has 0 saturated heterocycles. The van der Waals surface area contributed by atoms with Gasteiger partial charge in [-0.05, 0) is 30.7 Å². The molecule has 0 aromatic heterocycles. The first-order chi connectivity index (χ1) is 8.71. The normalized spacial score (nSPS) is 12.1. The zero-order chi connectivity index (χ0) is 13.4. The van der Waals surface area contributed by atoms with E-state index in [0.717, 1.165) is 30.0 Å². The molecular weight excluding hydrogens is 244 g/mol. The van der Waals surface area contributed by atoms with Gasteiger partial charge in [-0.15, -0.1) is 11.8 Å². The second-order valence-electron chi connectivity index (χ2n) is 4.23. The first-order valence-corrected chi connectivity index (χ1v) is 7.10. The zero-order valence-electron chi connectivity index (χ0n) is 10.9. The lowest BCUT2D eigenvalue weighted by Crippen LogP contribution is -2.13. The molecule has 1 aromatic carbocycles. The van der Waals surface area contributed by atoms with Gasteiger partial charge < -0.3 is 10.4 Å². The summed E-state index contributed by atoms with van der Waals surface area (Å²) in [6.07, 6.45) is 1.10. The molecular formula is C14H20N2OS. The molecule has 0 aliphatic carbocycles. The molecule has 0 saturated carbocycles. The number of aliphatic hydroxyl groups is 1. The lowest BCUT2D eigenvalue weighted by Gasteiger charge is -2.10. The van der Waals surface area contributed by atoms with E-state index in [1.165, 1.54) is 11.8 Å². The Labute approximate surface area is 113 Å². The van der Waals surface area contributed by atoms with E-state index in [1.54, 1.807) is 0 Å². The quantitative estimate of drug-likeness (QED) is 0.587. The number of nitrogens with zero attached hydrogens (tertiary/aromatic N) is 1. The molecule has 3 nitrogen and oxygen atoms in total. The third kappa shape index (κ3) is 4.69. The number of rotatable bonds is 7. The number of hydrogen-bond donors (Lipinski definition) is 2. The fourth-order valence-corrected chi connectivity index (χ4v) is 2.43. The molecule has 18 heavy (non-hydrogen) atoms. The van der Waals surface area contributed by atoms with Crippen LogP contribution in [0.5, 0.6) is 0 Å². The van der Waals surface area contributed by atoms with E-state index >= 15 is 0 Å². The molecule has 0 bridgehead atoms. The van der Waals surface area contributed by atoms with Crippen LogP contribution in [-0.2, 0) is 6.54 Å². The smallest absolute Gasteiger partial charge is 0.100 e. The summed E-state index contributed by atoms with van der Waals surface area (Å²) in [6.45, 7) is 5.98. The van der Waals surface area contributed by atoms with Crippen LogP contribution in [0.25, 0.3) is 0 Å². The molecule has 1 unspecified atom stereocenters. The second-order valence-corrected chi connectivity index (χ2v) is 5.71. The Morgan fingerprint density at radius 2 is 2.28 bits per heavy atom. The van der Waals surface area contributed by atoms with Crippen molar-refractivity contribution in [1.29, 1.82) is 5.26 Å². The molecule has 0 amide bonds. The maximum absolute atomic E-state index is 9.15. The summed E-state index contributed by atoms with van der Waals surface area (Å²) in [7, 11) is 0. The fraction of sp³-hybridized carbons (Fsp3) is 0.500.